The van der Waals surface area contributed by atoms with E-state index in [4.69, 9.17) is 10.5 Å². The Morgan fingerprint density at radius 1 is 1.47 bits per heavy atom. The Morgan fingerprint density at radius 3 is 3.00 bits per heavy atom. The van der Waals surface area contributed by atoms with Crippen molar-refractivity contribution >= 4 is 10.8 Å². The van der Waals surface area contributed by atoms with Crippen LogP contribution in [0.2, 0.25) is 0 Å². The first kappa shape index (κ1) is 10.6. The van der Waals surface area contributed by atoms with Gasteiger partial charge in [-0.2, -0.15) is 0 Å². The molecule has 2 unspecified atom stereocenters. The highest BCUT2D eigenvalue weighted by Crippen LogP contribution is 2.28. The fourth-order valence-corrected chi connectivity index (χ4v) is 2.80. The van der Waals surface area contributed by atoms with Crippen LogP contribution in [0.25, 0.3) is 0 Å². The van der Waals surface area contributed by atoms with Gasteiger partial charge < -0.3 is 10.5 Å². The lowest BCUT2D eigenvalue weighted by Crippen LogP contribution is -2.24. The third kappa shape index (κ3) is 2.58. The van der Waals surface area contributed by atoms with E-state index in [0.29, 0.717) is 18.1 Å². The monoisotopic (exact) mass is 225 g/mol. The zero-order chi connectivity index (χ0) is 10.7. The van der Waals surface area contributed by atoms with Gasteiger partial charge in [0.2, 0.25) is 0 Å². The smallest absolute Gasteiger partial charge is 0.123 e. The largest absolute Gasteiger partial charge is 0.489 e. The number of rotatable bonds is 4. The van der Waals surface area contributed by atoms with Crippen LogP contribution in [0.5, 0.6) is 5.75 Å². The van der Waals surface area contributed by atoms with Crippen molar-refractivity contribution in [3.63, 3.8) is 0 Å². The summed E-state index contributed by atoms with van der Waals surface area (Å²) in [6.07, 6.45) is 0.932. The lowest BCUT2D eigenvalue weighted by atomic mass is 10.1. The fourth-order valence-electron chi connectivity index (χ4n) is 1.77. The van der Waals surface area contributed by atoms with E-state index in [1.165, 1.54) is 5.56 Å². The predicted molar refractivity (Wildman–Crippen MR) is 61.5 cm³/mol. The van der Waals surface area contributed by atoms with Gasteiger partial charge in [-0.05, 0) is 11.6 Å². The van der Waals surface area contributed by atoms with Crippen LogP contribution in [0.15, 0.2) is 24.3 Å². The standard InChI is InChI=1S/C11H15NO2S/c12-5-6-15(13)8-10-7-9-3-1-2-4-11(9)14-10/h1-4,10H,5-8,12H2. The molecule has 2 N–H and O–H groups in total. The molecule has 0 aliphatic carbocycles. The highest BCUT2D eigenvalue weighted by Gasteiger charge is 2.23. The minimum absolute atomic E-state index is 0.0646. The third-order valence-corrected chi connectivity index (χ3v) is 3.87. The molecule has 0 spiro atoms. The molecule has 1 aliphatic heterocycles. The van der Waals surface area contributed by atoms with Crippen LogP contribution < -0.4 is 10.5 Å². The quantitative estimate of drug-likeness (QED) is 0.820. The molecule has 1 aliphatic rings. The number of benzene rings is 1. The number of ether oxygens (including phenoxy) is 1. The highest BCUT2D eigenvalue weighted by molar-refractivity contribution is 7.85. The van der Waals surface area contributed by atoms with Gasteiger partial charge in [0.25, 0.3) is 0 Å². The number of nitrogens with two attached hydrogens (primary N) is 1. The van der Waals surface area contributed by atoms with E-state index in [0.717, 1.165) is 12.2 Å². The van der Waals surface area contributed by atoms with Gasteiger partial charge in [0.1, 0.15) is 11.9 Å². The van der Waals surface area contributed by atoms with E-state index in [2.05, 4.69) is 6.07 Å². The van der Waals surface area contributed by atoms with Crippen LogP contribution in [0, 0.1) is 0 Å². The molecule has 2 atom stereocenters. The van der Waals surface area contributed by atoms with Crippen molar-refractivity contribution in [2.75, 3.05) is 18.1 Å². The Morgan fingerprint density at radius 2 is 2.27 bits per heavy atom. The molecule has 0 radical (unpaired) electrons. The molecule has 0 saturated heterocycles. The first-order chi connectivity index (χ1) is 7.29. The number of para-hydroxylation sites is 1. The highest BCUT2D eigenvalue weighted by atomic mass is 32.2. The maximum atomic E-state index is 11.5. The van der Waals surface area contributed by atoms with Crippen LogP contribution in [0.3, 0.4) is 0 Å². The van der Waals surface area contributed by atoms with Gasteiger partial charge in [-0.15, -0.1) is 0 Å². The van der Waals surface area contributed by atoms with Gasteiger partial charge in [0, 0.05) is 29.5 Å². The number of fused-ring (bicyclic) bond motifs is 1. The Balaban J connectivity index is 1.93. The molecule has 1 aromatic carbocycles. The first-order valence-corrected chi connectivity index (χ1v) is 6.58. The van der Waals surface area contributed by atoms with Gasteiger partial charge in [-0.1, -0.05) is 18.2 Å². The lowest BCUT2D eigenvalue weighted by molar-refractivity contribution is 0.258. The van der Waals surface area contributed by atoms with E-state index in [9.17, 15) is 4.21 Å². The Kier molecular flexibility index (Phi) is 3.38. The second-order valence-electron chi connectivity index (χ2n) is 3.65. The van der Waals surface area contributed by atoms with Crippen molar-refractivity contribution in [3.05, 3.63) is 29.8 Å². The number of hydrogen-bond donors (Lipinski definition) is 1. The SMILES string of the molecule is NCCS(=O)CC1Cc2ccccc2O1. The maximum absolute atomic E-state index is 11.5. The minimum atomic E-state index is -0.848. The van der Waals surface area contributed by atoms with Crippen LogP contribution >= 0.6 is 0 Å². The van der Waals surface area contributed by atoms with E-state index in [1.54, 1.807) is 0 Å². The summed E-state index contributed by atoms with van der Waals surface area (Å²) in [5.41, 5.74) is 6.57. The molecule has 2 rings (SSSR count). The Labute approximate surface area is 92.1 Å². The summed E-state index contributed by atoms with van der Waals surface area (Å²) < 4.78 is 17.2. The molecule has 0 aromatic heterocycles. The summed E-state index contributed by atoms with van der Waals surface area (Å²) in [4.78, 5) is 0. The van der Waals surface area contributed by atoms with Crippen molar-refractivity contribution in [1.29, 1.82) is 0 Å². The van der Waals surface area contributed by atoms with Crippen LogP contribution in [-0.4, -0.2) is 28.4 Å². The van der Waals surface area contributed by atoms with E-state index >= 15 is 0 Å². The van der Waals surface area contributed by atoms with Crippen molar-refractivity contribution < 1.29 is 8.95 Å². The molecule has 0 fully saturated rings. The fraction of sp³-hybridized carbons (Fsp3) is 0.455. The average molecular weight is 225 g/mol. The molecule has 0 saturated carbocycles. The molecule has 1 heterocycles. The van der Waals surface area contributed by atoms with Crippen LogP contribution in [0.4, 0.5) is 0 Å². The normalized spacial score (nSPS) is 20.7. The van der Waals surface area contributed by atoms with E-state index < -0.39 is 10.8 Å². The molecular formula is C11H15NO2S. The zero-order valence-corrected chi connectivity index (χ0v) is 9.33. The van der Waals surface area contributed by atoms with Crippen molar-refractivity contribution in [1.82, 2.24) is 0 Å². The van der Waals surface area contributed by atoms with Crippen LogP contribution in [0.1, 0.15) is 5.56 Å². The van der Waals surface area contributed by atoms with E-state index in [1.807, 2.05) is 18.2 Å². The zero-order valence-electron chi connectivity index (χ0n) is 8.52. The topological polar surface area (TPSA) is 52.3 Å². The van der Waals surface area contributed by atoms with Crippen molar-refractivity contribution in [2.24, 2.45) is 5.73 Å². The molecule has 0 bridgehead atoms. The Hall–Kier alpha value is -0.870. The van der Waals surface area contributed by atoms with E-state index in [-0.39, 0.29) is 6.10 Å². The van der Waals surface area contributed by atoms with Gasteiger partial charge in [-0.3, -0.25) is 4.21 Å². The van der Waals surface area contributed by atoms with Crippen LogP contribution in [-0.2, 0) is 17.2 Å². The molecule has 1 aromatic rings. The third-order valence-electron chi connectivity index (χ3n) is 2.43. The predicted octanol–water partition coefficient (Wildman–Crippen LogP) is 0.698. The molecule has 0 amide bonds. The van der Waals surface area contributed by atoms with Gasteiger partial charge in [0.15, 0.2) is 0 Å². The van der Waals surface area contributed by atoms with Crippen molar-refractivity contribution in [2.45, 2.75) is 12.5 Å². The van der Waals surface area contributed by atoms with Gasteiger partial charge in [-0.25, -0.2) is 0 Å². The Bertz CT molecular complexity index is 342. The molecule has 15 heavy (non-hydrogen) atoms. The first-order valence-electron chi connectivity index (χ1n) is 5.09. The maximum Gasteiger partial charge on any atom is 0.123 e. The summed E-state index contributed by atoms with van der Waals surface area (Å²) in [6, 6.07) is 7.97. The summed E-state index contributed by atoms with van der Waals surface area (Å²) in [5, 5.41) is 0. The molecule has 3 nitrogen and oxygen atoms in total. The van der Waals surface area contributed by atoms with Gasteiger partial charge >= 0.3 is 0 Å². The summed E-state index contributed by atoms with van der Waals surface area (Å²) in [7, 11) is -0.848. The minimum Gasteiger partial charge on any atom is -0.489 e. The van der Waals surface area contributed by atoms with Gasteiger partial charge in [0.05, 0.1) is 5.75 Å². The summed E-state index contributed by atoms with van der Waals surface area (Å²) >= 11 is 0. The second-order valence-corrected chi connectivity index (χ2v) is 5.27. The second kappa shape index (κ2) is 4.77. The molecule has 82 valence electrons. The average Bonchev–Trinajstić information content (AvgIpc) is 2.59. The molecular weight excluding hydrogens is 210 g/mol. The summed E-state index contributed by atoms with van der Waals surface area (Å²) in [5.74, 6) is 2.09. The molecule has 4 heteroatoms. The number of hydrogen-bond acceptors (Lipinski definition) is 3. The lowest BCUT2D eigenvalue weighted by Gasteiger charge is -2.09. The van der Waals surface area contributed by atoms with Crippen molar-refractivity contribution in [3.8, 4) is 5.75 Å². The summed E-state index contributed by atoms with van der Waals surface area (Å²) in [6.45, 7) is 0.478.